The maximum absolute atomic E-state index is 9.85. The minimum atomic E-state index is -0.454. The fourth-order valence-electron chi connectivity index (χ4n) is 2.88. The molecule has 0 aliphatic carbocycles. The molecule has 0 aromatic carbocycles. The Morgan fingerprint density at radius 1 is 1.25 bits per heavy atom. The number of hydrogen-bond acceptors (Lipinski definition) is 5. The Hall–Kier alpha value is -0.200. The Morgan fingerprint density at radius 2 is 2.10 bits per heavy atom. The molecule has 20 heavy (non-hydrogen) atoms. The van der Waals surface area contributed by atoms with Gasteiger partial charge in [0.05, 0.1) is 38.1 Å². The molecule has 0 radical (unpaired) electrons. The SMILES string of the molecule is CCCCOCCOCC(O)CNC1CC2CCC1O2. The minimum Gasteiger partial charge on any atom is -0.389 e. The highest BCUT2D eigenvalue weighted by Crippen LogP contribution is 2.34. The van der Waals surface area contributed by atoms with Gasteiger partial charge in [0.2, 0.25) is 0 Å². The van der Waals surface area contributed by atoms with Crippen LogP contribution < -0.4 is 5.32 Å². The molecule has 4 unspecified atom stereocenters. The predicted octanol–water partition coefficient (Wildman–Crippen LogP) is 1.09. The fraction of sp³-hybridized carbons (Fsp3) is 1.00. The summed E-state index contributed by atoms with van der Waals surface area (Å²) < 4.78 is 16.6. The van der Waals surface area contributed by atoms with Crippen molar-refractivity contribution in [3.63, 3.8) is 0 Å². The Labute approximate surface area is 122 Å². The third-order valence-electron chi connectivity index (χ3n) is 4.05. The zero-order valence-electron chi connectivity index (χ0n) is 12.6. The van der Waals surface area contributed by atoms with E-state index < -0.39 is 6.10 Å². The van der Waals surface area contributed by atoms with Crippen LogP contribution in [0.25, 0.3) is 0 Å². The molecule has 2 heterocycles. The quantitative estimate of drug-likeness (QED) is 0.557. The molecule has 0 saturated carbocycles. The van der Waals surface area contributed by atoms with Crippen LogP contribution in [0.2, 0.25) is 0 Å². The lowest BCUT2D eigenvalue weighted by molar-refractivity contribution is 0.00242. The van der Waals surface area contributed by atoms with Crippen LogP contribution in [0.1, 0.15) is 39.0 Å². The molecule has 0 spiro atoms. The molecular weight excluding hydrogens is 258 g/mol. The topological polar surface area (TPSA) is 60.0 Å². The molecule has 2 saturated heterocycles. The van der Waals surface area contributed by atoms with Gasteiger partial charge in [0, 0.05) is 19.2 Å². The van der Waals surface area contributed by atoms with Crippen LogP contribution in [0.4, 0.5) is 0 Å². The lowest BCUT2D eigenvalue weighted by Gasteiger charge is -2.21. The van der Waals surface area contributed by atoms with Crippen LogP contribution in [0.15, 0.2) is 0 Å². The van der Waals surface area contributed by atoms with Crippen molar-refractivity contribution in [2.45, 2.75) is 63.4 Å². The summed E-state index contributed by atoms with van der Waals surface area (Å²) in [7, 11) is 0. The molecule has 0 amide bonds. The molecule has 0 aromatic heterocycles. The Kier molecular flexibility index (Phi) is 7.24. The molecule has 5 heteroatoms. The maximum atomic E-state index is 9.85. The van der Waals surface area contributed by atoms with Crippen molar-refractivity contribution in [3.05, 3.63) is 0 Å². The van der Waals surface area contributed by atoms with Crippen molar-refractivity contribution in [3.8, 4) is 0 Å². The van der Waals surface area contributed by atoms with E-state index in [9.17, 15) is 5.11 Å². The van der Waals surface area contributed by atoms with Crippen LogP contribution in [0, 0.1) is 0 Å². The zero-order chi connectivity index (χ0) is 14.2. The van der Waals surface area contributed by atoms with E-state index >= 15 is 0 Å². The Morgan fingerprint density at radius 3 is 2.80 bits per heavy atom. The van der Waals surface area contributed by atoms with Crippen molar-refractivity contribution in [2.75, 3.05) is 33.0 Å². The van der Waals surface area contributed by atoms with Crippen molar-refractivity contribution in [1.82, 2.24) is 5.32 Å². The van der Waals surface area contributed by atoms with E-state index in [1.807, 2.05) is 0 Å². The third-order valence-corrected chi connectivity index (χ3v) is 4.05. The maximum Gasteiger partial charge on any atom is 0.0897 e. The molecule has 5 nitrogen and oxygen atoms in total. The standard InChI is InChI=1S/C15H29NO4/c1-2-3-6-18-7-8-19-11-12(17)10-16-14-9-13-4-5-15(14)20-13/h12-17H,2-11H2,1H3. The molecule has 0 aromatic rings. The molecule has 2 bridgehead atoms. The van der Waals surface area contributed by atoms with Crippen molar-refractivity contribution < 1.29 is 19.3 Å². The number of aliphatic hydroxyl groups excluding tert-OH is 1. The molecule has 2 aliphatic heterocycles. The summed E-state index contributed by atoms with van der Waals surface area (Å²) in [5, 5.41) is 13.2. The fourth-order valence-corrected chi connectivity index (χ4v) is 2.88. The average molecular weight is 287 g/mol. The van der Waals surface area contributed by atoms with Gasteiger partial charge in [-0.3, -0.25) is 0 Å². The molecule has 2 rings (SSSR count). The summed E-state index contributed by atoms with van der Waals surface area (Å²) in [6.45, 7) is 5.05. The number of unbranched alkanes of at least 4 members (excludes halogenated alkanes) is 1. The van der Waals surface area contributed by atoms with Gasteiger partial charge < -0.3 is 24.6 Å². The van der Waals surface area contributed by atoms with Gasteiger partial charge in [0.15, 0.2) is 0 Å². The van der Waals surface area contributed by atoms with E-state index in [0.717, 1.165) is 32.3 Å². The van der Waals surface area contributed by atoms with Gasteiger partial charge in [-0.05, 0) is 25.7 Å². The number of aliphatic hydroxyl groups is 1. The average Bonchev–Trinajstić information content (AvgIpc) is 3.06. The first-order chi connectivity index (χ1) is 9.79. The highest BCUT2D eigenvalue weighted by molar-refractivity contribution is 4.94. The summed E-state index contributed by atoms with van der Waals surface area (Å²) in [5.41, 5.74) is 0. The highest BCUT2D eigenvalue weighted by atomic mass is 16.5. The van der Waals surface area contributed by atoms with Gasteiger partial charge in [-0.25, -0.2) is 0 Å². The third kappa shape index (κ3) is 5.30. The van der Waals surface area contributed by atoms with Crippen LogP contribution in [-0.2, 0) is 14.2 Å². The summed E-state index contributed by atoms with van der Waals surface area (Å²) in [6.07, 6.45) is 6.05. The summed E-state index contributed by atoms with van der Waals surface area (Å²) >= 11 is 0. The molecular formula is C15H29NO4. The number of rotatable bonds is 11. The lowest BCUT2D eigenvalue weighted by atomic mass is 9.95. The van der Waals surface area contributed by atoms with Crippen molar-refractivity contribution in [1.29, 1.82) is 0 Å². The van der Waals surface area contributed by atoms with Crippen LogP contribution in [0.3, 0.4) is 0 Å². The van der Waals surface area contributed by atoms with Gasteiger partial charge in [-0.15, -0.1) is 0 Å². The van der Waals surface area contributed by atoms with E-state index in [1.54, 1.807) is 0 Å². The number of ether oxygens (including phenoxy) is 3. The van der Waals surface area contributed by atoms with Crippen LogP contribution >= 0.6 is 0 Å². The molecule has 2 N–H and O–H groups in total. The monoisotopic (exact) mass is 287 g/mol. The predicted molar refractivity (Wildman–Crippen MR) is 76.9 cm³/mol. The molecule has 2 aliphatic rings. The number of fused-ring (bicyclic) bond motifs is 2. The minimum absolute atomic E-state index is 0.361. The second-order valence-corrected chi connectivity index (χ2v) is 5.82. The lowest BCUT2D eigenvalue weighted by Crippen LogP contribution is -2.42. The second kappa shape index (κ2) is 8.95. The normalized spacial score (nSPS) is 30.0. The second-order valence-electron chi connectivity index (χ2n) is 5.82. The Balaban J connectivity index is 1.42. The van der Waals surface area contributed by atoms with Crippen molar-refractivity contribution >= 4 is 0 Å². The first-order valence-electron chi connectivity index (χ1n) is 8.02. The smallest absolute Gasteiger partial charge is 0.0897 e. The highest BCUT2D eigenvalue weighted by Gasteiger charge is 2.40. The summed E-state index contributed by atoms with van der Waals surface area (Å²) in [5.74, 6) is 0. The first kappa shape index (κ1) is 16.2. The van der Waals surface area contributed by atoms with E-state index in [1.165, 1.54) is 6.42 Å². The van der Waals surface area contributed by atoms with E-state index in [0.29, 0.717) is 44.6 Å². The summed E-state index contributed by atoms with van der Waals surface area (Å²) in [4.78, 5) is 0. The van der Waals surface area contributed by atoms with Gasteiger partial charge in [-0.1, -0.05) is 13.3 Å². The molecule has 4 atom stereocenters. The largest absolute Gasteiger partial charge is 0.389 e. The number of nitrogens with one attached hydrogen (secondary N) is 1. The van der Waals surface area contributed by atoms with Crippen molar-refractivity contribution in [2.24, 2.45) is 0 Å². The first-order valence-corrected chi connectivity index (χ1v) is 8.02. The number of hydrogen-bond donors (Lipinski definition) is 2. The zero-order valence-corrected chi connectivity index (χ0v) is 12.6. The van der Waals surface area contributed by atoms with Gasteiger partial charge in [0.1, 0.15) is 0 Å². The van der Waals surface area contributed by atoms with E-state index in [-0.39, 0.29) is 0 Å². The van der Waals surface area contributed by atoms with E-state index in [4.69, 9.17) is 14.2 Å². The van der Waals surface area contributed by atoms with Crippen LogP contribution in [-0.4, -0.2) is 62.4 Å². The van der Waals surface area contributed by atoms with Gasteiger partial charge in [0.25, 0.3) is 0 Å². The van der Waals surface area contributed by atoms with Crippen LogP contribution in [0.5, 0.6) is 0 Å². The molecule has 118 valence electrons. The summed E-state index contributed by atoms with van der Waals surface area (Å²) in [6, 6.07) is 0.417. The van der Waals surface area contributed by atoms with E-state index in [2.05, 4.69) is 12.2 Å². The van der Waals surface area contributed by atoms with Gasteiger partial charge >= 0.3 is 0 Å². The Bertz CT molecular complexity index is 264. The van der Waals surface area contributed by atoms with Gasteiger partial charge in [-0.2, -0.15) is 0 Å². The molecule has 2 fully saturated rings.